The molecule has 0 saturated carbocycles. The Balaban J connectivity index is 2.47. The molecule has 1 rings (SSSR count). The highest BCUT2D eigenvalue weighted by Gasteiger charge is 2.07. The van der Waals surface area contributed by atoms with Crippen LogP contribution in [-0.2, 0) is 9.59 Å². The van der Waals surface area contributed by atoms with Crippen molar-refractivity contribution in [1.29, 1.82) is 0 Å². The number of carboxylic acids is 1. The van der Waals surface area contributed by atoms with E-state index in [1.54, 1.807) is 12.1 Å². The minimum atomic E-state index is -0.827. The molecule has 0 aliphatic carbocycles. The quantitative estimate of drug-likeness (QED) is 0.261. The number of rotatable bonds is 10. The lowest BCUT2D eigenvalue weighted by Gasteiger charge is -2.08. The van der Waals surface area contributed by atoms with Gasteiger partial charge in [0.2, 0.25) is 5.91 Å². The number of thiol groups is 1. The van der Waals surface area contributed by atoms with Crippen LogP contribution in [0.15, 0.2) is 29.4 Å². The van der Waals surface area contributed by atoms with Gasteiger partial charge in [0.1, 0.15) is 5.75 Å². The maximum absolute atomic E-state index is 11.7. The minimum absolute atomic E-state index is 0.0926. The number of carbonyl (C=O) groups excluding carboxylic acids is 1. The van der Waals surface area contributed by atoms with Crippen LogP contribution in [0.3, 0.4) is 0 Å². The molecule has 0 aliphatic rings. The van der Waals surface area contributed by atoms with E-state index in [9.17, 15) is 9.59 Å². The average molecular weight is 352 g/mol. The van der Waals surface area contributed by atoms with E-state index in [-0.39, 0.29) is 18.2 Å². The van der Waals surface area contributed by atoms with Crippen molar-refractivity contribution in [2.24, 2.45) is 11.0 Å². The Morgan fingerprint density at radius 1 is 1.33 bits per heavy atom. The molecule has 132 valence electrons. The van der Waals surface area contributed by atoms with E-state index < -0.39 is 5.97 Å². The number of nitrogens with one attached hydrogen (secondary N) is 1. The van der Waals surface area contributed by atoms with E-state index in [0.29, 0.717) is 36.7 Å². The number of hydrogen-bond acceptors (Lipinski definition) is 5. The van der Waals surface area contributed by atoms with Crippen LogP contribution in [0.2, 0.25) is 0 Å². The number of carboxylic acid groups (broad SMARTS) is 1. The normalized spacial score (nSPS) is 12.5. The molecule has 1 unspecified atom stereocenters. The minimum Gasteiger partial charge on any atom is -0.494 e. The average Bonchev–Trinajstić information content (AvgIpc) is 2.56. The fourth-order valence-electron chi connectivity index (χ4n) is 1.84. The van der Waals surface area contributed by atoms with Crippen molar-refractivity contribution in [2.75, 3.05) is 12.4 Å². The smallest absolute Gasteiger partial charge is 0.303 e. The number of aliphatic carboxylic acids is 1. The molecule has 0 radical (unpaired) electrons. The second-order valence-corrected chi connectivity index (χ2v) is 5.96. The Labute approximate surface area is 147 Å². The highest BCUT2D eigenvalue weighted by atomic mass is 32.1. The van der Waals surface area contributed by atoms with Gasteiger partial charge in [-0.15, -0.1) is 0 Å². The summed E-state index contributed by atoms with van der Waals surface area (Å²) in [5.74, 6) is 0.579. The van der Waals surface area contributed by atoms with Crippen LogP contribution in [0.5, 0.6) is 5.75 Å². The number of nitrogens with zero attached hydrogens (tertiary/aromatic N) is 1. The lowest BCUT2D eigenvalue weighted by Crippen LogP contribution is -2.21. The third-order valence-corrected chi connectivity index (χ3v) is 3.89. The monoisotopic (exact) mass is 352 g/mol. The molecule has 1 amide bonds. The van der Waals surface area contributed by atoms with Gasteiger partial charge in [-0.25, -0.2) is 5.43 Å². The van der Waals surface area contributed by atoms with Gasteiger partial charge in [-0.3, -0.25) is 9.59 Å². The highest BCUT2D eigenvalue weighted by molar-refractivity contribution is 7.80. The van der Waals surface area contributed by atoms with Crippen LogP contribution >= 0.6 is 12.6 Å². The van der Waals surface area contributed by atoms with Gasteiger partial charge in [0.05, 0.1) is 12.3 Å². The first-order chi connectivity index (χ1) is 11.4. The molecule has 7 heteroatoms. The Hall–Kier alpha value is -2.02. The molecular formula is C17H24N2O4S. The van der Waals surface area contributed by atoms with Crippen molar-refractivity contribution < 1.29 is 19.4 Å². The molecule has 0 saturated heterocycles. The Morgan fingerprint density at radius 3 is 2.58 bits per heavy atom. The van der Waals surface area contributed by atoms with Gasteiger partial charge < -0.3 is 9.84 Å². The van der Waals surface area contributed by atoms with E-state index in [0.717, 1.165) is 5.56 Å². The number of ether oxygens (including phenoxy) is 1. The van der Waals surface area contributed by atoms with Crippen molar-refractivity contribution >= 4 is 30.2 Å². The van der Waals surface area contributed by atoms with Crippen LogP contribution in [0, 0.1) is 5.92 Å². The molecule has 0 fully saturated rings. The van der Waals surface area contributed by atoms with E-state index in [4.69, 9.17) is 9.84 Å². The number of carbonyl (C=O) groups is 2. The van der Waals surface area contributed by atoms with Crippen molar-refractivity contribution in [3.05, 3.63) is 29.8 Å². The van der Waals surface area contributed by atoms with Gasteiger partial charge in [0.15, 0.2) is 0 Å². The summed E-state index contributed by atoms with van der Waals surface area (Å²) in [6.45, 7) is 4.13. The molecule has 24 heavy (non-hydrogen) atoms. The summed E-state index contributed by atoms with van der Waals surface area (Å²) in [6.07, 6.45) is 0.951. The van der Waals surface area contributed by atoms with Gasteiger partial charge >= 0.3 is 5.97 Å². The lowest BCUT2D eigenvalue weighted by molar-refractivity contribution is -0.137. The van der Waals surface area contributed by atoms with Crippen LogP contribution < -0.4 is 10.2 Å². The summed E-state index contributed by atoms with van der Waals surface area (Å²) in [4.78, 5) is 22.1. The Kier molecular flexibility index (Phi) is 8.93. The molecule has 1 atom stereocenters. The molecule has 2 N–H and O–H groups in total. The number of amides is 1. The maximum atomic E-state index is 11.7. The van der Waals surface area contributed by atoms with E-state index in [1.807, 2.05) is 26.0 Å². The summed E-state index contributed by atoms with van der Waals surface area (Å²) >= 11 is 4.15. The van der Waals surface area contributed by atoms with Crippen LogP contribution in [0.1, 0.15) is 38.7 Å². The predicted molar refractivity (Wildman–Crippen MR) is 96.8 cm³/mol. The summed E-state index contributed by atoms with van der Waals surface area (Å²) in [7, 11) is 0. The number of benzene rings is 1. The van der Waals surface area contributed by atoms with Crippen LogP contribution in [0.4, 0.5) is 0 Å². The summed E-state index contributed by atoms with van der Waals surface area (Å²) in [6, 6.07) is 7.27. The van der Waals surface area contributed by atoms with Gasteiger partial charge in [-0.1, -0.05) is 6.92 Å². The number of hydrazone groups is 1. The summed E-state index contributed by atoms with van der Waals surface area (Å²) in [5.41, 5.74) is 4.11. The third kappa shape index (κ3) is 8.01. The SMILES string of the molecule is CC(=NNC(=O)CC(C)CS)c1ccc(OCCCC(=O)O)cc1. The predicted octanol–water partition coefficient (Wildman–Crippen LogP) is 2.73. The van der Waals surface area contributed by atoms with Crippen molar-refractivity contribution in [3.63, 3.8) is 0 Å². The van der Waals surface area contributed by atoms with Crippen molar-refractivity contribution in [1.82, 2.24) is 5.43 Å². The second-order valence-electron chi connectivity index (χ2n) is 5.59. The fourth-order valence-corrected chi connectivity index (χ4v) is 1.97. The molecule has 1 aromatic rings. The molecule has 0 aromatic heterocycles. The first-order valence-electron chi connectivity index (χ1n) is 7.81. The molecule has 0 bridgehead atoms. The molecular weight excluding hydrogens is 328 g/mol. The zero-order valence-electron chi connectivity index (χ0n) is 14.0. The fraction of sp³-hybridized carbons (Fsp3) is 0.471. The summed E-state index contributed by atoms with van der Waals surface area (Å²) < 4.78 is 5.47. The first kappa shape index (κ1) is 20.0. The topological polar surface area (TPSA) is 88.0 Å². The molecule has 1 aromatic carbocycles. The van der Waals surface area contributed by atoms with E-state index >= 15 is 0 Å². The first-order valence-corrected chi connectivity index (χ1v) is 8.44. The maximum Gasteiger partial charge on any atom is 0.303 e. The van der Waals surface area contributed by atoms with Crippen LogP contribution in [0.25, 0.3) is 0 Å². The zero-order valence-corrected chi connectivity index (χ0v) is 14.9. The van der Waals surface area contributed by atoms with Crippen LogP contribution in [-0.4, -0.2) is 35.1 Å². The van der Waals surface area contributed by atoms with Gasteiger partial charge in [0, 0.05) is 12.8 Å². The third-order valence-electron chi connectivity index (χ3n) is 3.27. The van der Waals surface area contributed by atoms with E-state index in [1.165, 1.54) is 0 Å². The Bertz CT molecular complexity index is 572. The Morgan fingerprint density at radius 2 is 2.00 bits per heavy atom. The van der Waals surface area contributed by atoms with Gasteiger partial charge in [-0.05, 0) is 54.8 Å². The van der Waals surface area contributed by atoms with Gasteiger partial charge in [-0.2, -0.15) is 17.7 Å². The highest BCUT2D eigenvalue weighted by Crippen LogP contribution is 2.13. The largest absolute Gasteiger partial charge is 0.494 e. The molecule has 0 aliphatic heterocycles. The van der Waals surface area contributed by atoms with E-state index in [2.05, 4.69) is 23.2 Å². The number of hydrogen-bond donors (Lipinski definition) is 3. The zero-order chi connectivity index (χ0) is 17.9. The molecule has 0 spiro atoms. The summed E-state index contributed by atoms with van der Waals surface area (Å²) in [5, 5.41) is 12.6. The molecule has 6 nitrogen and oxygen atoms in total. The lowest BCUT2D eigenvalue weighted by atomic mass is 10.1. The standard InChI is InChI=1S/C17H24N2O4S/c1-12(11-24)10-16(20)19-18-13(2)14-5-7-15(8-6-14)23-9-3-4-17(21)22/h5-8,12,24H,3-4,9-11H2,1-2H3,(H,19,20)(H,21,22). The molecule has 0 heterocycles. The second kappa shape index (κ2) is 10.7. The van der Waals surface area contributed by atoms with Crippen molar-refractivity contribution in [3.8, 4) is 5.75 Å². The van der Waals surface area contributed by atoms with Gasteiger partial charge in [0.25, 0.3) is 0 Å². The van der Waals surface area contributed by atoms with Crippen molar-refractivity contribution in [2.45, 2.75) is 33.1 Å².